The number of urea groups is 1. The standard InChI is InChI=1S/C23H23FN4O4/c1-23(21(31)26-22(32)27-23)16-5-2-6-18(12-16)25-19(29)15-4-3-11-28(13-15)20(30)14-7-9-17(24)10-8-14/h2,5-10,12,15H,3-4,11,13H2,1H3,(H,25,29)(H2,26,27,31,32). The van der Waals surface area contributed by atoms with Gasteiger partial charge in [-0.1, -0.05) is 12.1 Å². The van der Waals surface area contributed by atoms with E-state index in [1.165, 1.54) is 24.3 Å². The molecule has 0 bridgehead atoms. The number of rotatable bonds is 4. The number of nitrogens with zero attached hydrogens (tertiary/aromatic N) is 1. The van der Waals surface area contributed by atoms with Gasteiger partial charge < -0.3 is 15.5 Å². The minimum absolute atomic E-state index is 0.233. The zero-order valence-electron chi connectivity index (χ0n) is 17.5. The average molecular weight is 438 g/mol. The Balaban J connectivity index is 1.44. The molecule has 5 amide bonds. The predicted molar refractivity (Wildman–Crippen MR) is 114 cm³/mol. The first kappa shape index (κ1) is 21.5. The molecule has 0 saturated carbocycles. The molecule has 4 rings (SSSR count). The molecule has 166 valence electrons. The lowest BCUT2D eigenvalue weighted by atomic mass is 9.91. The molecule has 2 heterocycles. The summed E-state index contributed by atoms with van der Waals surface area (Å²) in [4.78, 5) is 51.0. The van der Waals surface area contributed by atoms with Gasteiger partial charge >= 0.3 is 6.03 Å². The van der Waals surface area contributed by atoms with Gasteiger partial charge in [-0.25, -0.2) is 9.18 Å². The highest BCUT2D eigenvalue weighted by Gasteiger charge is 2.43. The number of carbonyl (C=O) groups is 4. The molecule has 8 nitrogen and oxygen atoms in total. The van der Waals surface area contributed by atoms with Crippen LogP contribution in [0.4, 0.5) is 14.9 Å². The Morgan fingerprint density at radius 3 is 2.59 bits per heavy atom. The van der Waals surface area contributed by atoms with E-state index in [0.717, 1.165) is 0 Å². The van der Waals surface area contributed by atoms with E-state index in [-0.39, 0.29) is 18.4 Å². The quantitative estimate of drug-likeness (QED) is 0.637. The third-order valence-corrected chi connectivity index (χ3v) is 5.92. The summed E-state index contributed by atoms with van der Waals surface area (Å²) in [5.41, 5.74) is 0.187. The lowest BCUT2D eigenvalue weighted by Gasteiger charge is -2.32. The zero-order chi connectivity index (χ0) is 22.9. The van der Waals surface area contributed by atoms with Crippen molar-refractivity contribution in [3.05, 3.63) is 65.5 Å². The Bertz CT molecular complexity index is 1090. The first-order valence-electron chi connectivity index (χ1n) is 10.4. The summed E-state index contributed by atoms with van der Waals surface area (Å²) in [6.07, 6.45) is 1.31. The first-order valence-corrected chi connectivity index (χ1v) is 10.4. The molecule has 0 aliphatic carbocycles. The summed E-state index contributed by atoms with van der Waals surface area (Å²) in [6, 6.07) is 11.5. The number of hydrogen-bond donors (Lipinski definition) is 3. The van der Waals surface area contributed by atoms with Crippen molar-refractivity contribution in [2.24, 2.45) is 5.92 Å². The van der Waals surface area contributed by atoms with Gasteiger partial charge in [0.25, 0.3) is 11.8 Å². The molecule has 2 unspecified atom stereocenters. The van der Waals surface area contributed by atoms with Gasteiger partial charge in [0.1, 0.15) is 11.4 Å². The molecule has 2 fully saturated rings. The van der Waals surface area contributed by atoms with E-state index < -0.39 is 29.2 Å². The fourth-order valence-corrected chi connectivity index (χ4v) is 4.05. The second-order valence-corrected chi connectivity index (χ2v) is 8.20. The monoisotopic (exact) mass is 438 g/mol. The molecular weight excluding hydrogens is 415 g/mol. The number of piperidine rings is 1. The van der Waals surface area contributed by atoms with E-state index in [2.05, 4.69) is 16.0 Å². The Hall–Kier alpha value is -3.75. The van der Waals surface area contributed by atoms with Crippen LogP contribution in [0.5, 0.6) is 0 Å². The SMILES string of the molecule is CC1(c2cccc(NC(=O)C3CCCN(C(=O)c4ccc(F)cc4)C3)c2)NC(=O)NC1=O. The summed E-state index contributed by atoms with van der Waals surface area (Å²) in [7, 11) is 0. The van der Waals surface area contributed by atoms with Gasteiger partial charge in [-0.15, -0.1) is 0 Å². The average Bonchev–Trinajstić information content (AvgIpc) is 3.06. The highest BCUT2D eigenvalue weighted by Crippen LogP contribution is 2.27. The van der Waals surface area contributed by atoms with Gasteiger partial charge in [-0.3, -0.25) is 19.7 Å². The van der Waals surface area contributed by atoms with Crippen LogP contribution in [0.3, 0.4) is 0 Å². The van der Waals surface area contributed by atoms with Crippen molar-refractivity contribution >= 4 is 29.4 Å². The second kappa shape index (κ2) is 8.41. The second-order valence-electron chi connectivity index (χ2n) is 8.20. The van der Waals surface area contributed by atoms with Crippen LogP contribution in [0.15, 0.2) is 48.5 Å². The van der Waals surface area contributed by atoms with Gasteiger partial charge in [-0.2, -0.15) is 0 Å². The van der Waals surface area contributed by atoms with E-state index in [1.54, 1.807) is 36.1 Å². The minimum atomic E-state index is -1.22. The van der Waals surface area contributed by atoms with Crippen LogP contribution in [-0.4, -0.2) is 41.7 Å². The Morgan fingerprint density at radius 2 is 1.91 bits per heavy atom. The van der Waals surface area contributed by atoms with Gasteiger partial charge in [0.2, 0.25) is 5.91 Å². The number of anilines is 1. The number of nitrogens with one attached hydrogen (secondary N) is 3. The van der Waals surface area contributed by atoms with Crippen LogP contribution in [0, 0.1) is 11.7 Å². The number of imide groups is 1. The molecule has 2 aromatic rings. The molecule has 3 N–H and O–H groups in total. The summed E-state index contributed by atoms with van der Waals surface area (Å²) in [5, 5.41) is 7.67. The fourth-order valence-electron chi connectivity index (χ4n) is 4.05. The van der Waals surface area contributed by atoms with Crippen molar-refractivity contribution < 1.29 is 23.6 Å². The maximum Gasteiger partial charge on any atom is 0.322 e. The van der Waals surface area contributed by atoms with Crippen LogP contribution in [0.25, 0.3) is 0 Å². The van der Waals surface area contributed by atoms with Crippen molar-refractivity contribution in [3.63, 3.8) is 0 Å². The van der Waals surface area contributed by atoms with Crippen LogP contribution in [0.1, 0.15) is 35.7 Å². The van der Waals surface area contributed by atoms with Gasteiger partial charge in [0.15, 0.2) is 0 Å². The summed E-state index contributed by atoms with van der Waals surface area (Å²) < 4.78 is 13.1. The maximum atomic E-state index is 13.1. The Kier molecular flexibility index (Phi) is 5.65. The third-order valence-electron chi connectivity index (χ3n) is 5.92. The first-order chi connectivity index (χ1) is 15.3. The van der Waals surface area contributed by atoms with Crippen LogP contribution in [0.2, 0.25) is 0 Å². The molecule has 2 saturated heterocycles. The van der Waals surface area contributed by atoms with Crippen molar-refractivity contribution in [1.29, 1.82) is 0 Å². The van der Waals surface area contributed by atoms with Crippen LogP contribution in [-0.2, 0) is 15.1 Å². The summed E-state index contributed by atoms with van der Waals surface area (Å²) in [5.74, 6) is -1.75. The fraction of sp³-hybridized carbons (Fsp3) is 0.304. The van der Waals surface area contributed by atoms with E-state index >= 15 is 0 Å². The number of halogens is 1. The van der Waals surface area contributed by atoms with Gasteiger partial charge in [-0.05, 0) is 61.7 Å². The Morgan fingerprint density at radius 1 is 1.16 bits per heavy atom. The molecule has 0 radical (unpaired) electrons. The molecule has 2 atom stereocenters. The van der Waals surface area contributed by atoms with E-state index in [9.17, 15) is 23.6 Å². The molecule has 0 aromatic heterocycles. The molecule has 2 aliphatic rings. The molecular formula is C23H23FN4O4. The minimum Gasteiger partial charge on any atom is -0.338 e. The summed E-state index contributed by atoms with van der Waals surface area (Å²) in [6.45, 7) is 2.38. The predicted octanol–water partition coefficient (Wildman–Crippen LogP) is 2.37. The lowest BCUT2D eigenvalue weighted by molar-refractivity contribution is -0.123. The number of hydrogen-bond acceptors (Lipinski definition) is 4. The van der Waals surface area contributed by atoms with E-state index in [4.69, 9.17) is 0 Å². The third kappa shape index (κ3) is 4.18. The van der Waals surface area contributed by atoms with Crippen LogP contribution < -0.4 is 16.0 Å². The largest absolute Gasteiger partial charge is 0.338 e. The van der Waals surface area contributed by atoms with Crippen molar-refractivity contribution in [1.82, 2.24) is 15.5 Å². The van der Waals surface area contributed by atoms with Crippen molar-refractivity contribution in [2.45, 2.75) is 25.3 Å². The molecule has 2 aliphatic heterocycles. The highest BCUT2D eigenvalue weighted by atomic mass is 19.1. The van der Waals surface area contributed by atoms with Crippen LogP contribution >= 0.6 is 0 Å². The molecule has 9 heteroatoms. The normalized spacial score (nSPS) is 22.8. The number of benzene rings is 2. The van der Waals surface area contributed by atoms with Gasteiger partial charge in [0.05, 0.1) is 5.92 Å². The topological polar surface area (TPSA) is 108 Å². The van der Waals surface area contributed by atoms with E-state index in [1.807, 2.05) is 0 Å². The molecule has 0 spiro atoms. The highest BCUT2D eigenvalue weighted by molar-refractivity contribution is 6.07. The number of likely N-dealkylation sites (tertiary alicyclic amines) is 1. The Labute approximate surface area is 184 Å². The summed E-state index contributed by atoms with van der Waals surface area (Å²) >= 11 is 0. The smallest absolute Gasteiger partial charge is 0.322 e. The van der Waals surface area contributed by atoms with Crippen molar-refractivity contribution in [3.8, 4) is 0 Å². The van der Waals surface area contributed by atoms with Gasteiger partial charge in [0, 0.05) is 24.3 Å². The maximum absolute atomic E-state index is 13.1. The molecule has 2 aromatic carbocycles. The van der Waals surface area contributed by atoms with E-state index in [0.29, 0.717) is 36.2 Å². The van der Waals surface area contributed by atoms with Crippen molar-refractivity contribution in [2.75, 3.05) is 18.4 Å². The lowest BCUT2D eigenvalue weighted by Crippen LogP contribution is -2.43. The number of carbonyl (C=O) groups excluding carboxylic acids is 4. The number of amides is 5. The zero-order valence-corrected chi connectivity index (χ0v) is 17.5. The molecule has 32 heavy (non-hydrogen) atoms.